The molecule has 0 radical (unpaired) electrons. The molecule has 4 nitrogen and oxygen atoms in total. The average Bonchev–Trinajstić information content (AvgIpc) is 2.35. The van der Waals surface area contributed by atoms with Crippen LogP contribution >= 0.6 is 47.2 Å². The quantitative estimate of drug-likeness (QED) is 0.288. The van der Waals surface area contributed by atoms with Gasteiger partial charge in [0.05, 0.1) is 11.6 Å². The molecule has 0 bridgehead atoms. The fraction of sp³-hybridized carbons (Fsp3) is 0.273. The highest BCUT2D eigenvalue weighted by atomic mass is 35.5. The maximum Gasteiger partial charge on any atom is 0.170 e. The van der Waals surface area contributed by atoms with Crippen LogP contribution in [0.15, 0.2) is 17.3 Å². The topological polar surface area (TPSA) is 67.8 Å². The lowest BCUT2D eigenvalue weighted by Gasteiger charge is -2.10. The molecular formula is C11H12Cl2N2O2S2. The molecule has 1 rings (SSSR count). The molecule has 0 fully saturated rings. The molecule has 0 unspecified atom stereocenters. The smallest absolute Gasteiger partial charge is 0.170 e. The van der Waals surface area contributed by atoms with E-state index in [0.717, 1.165) is 5.56 Å². The van der Waals surface area contributed by atoms with Crippen molar-refractivity contribution in [3.8, 4) is 5.75 Å². The maximum absolute atomic E-state index is 8.73. The standard InChI is InChI=1S/C11H12Cl2N2O2S2/c1-2-17-9-4-7(12)6(3-8(9)13)5-19-11(15-16)10(14)18/h3-4,16H,2,5H2,1H3,(H2,14,18)/b15-11-. The number of thiocarbonyl (C=S) groups is 1. The number of benzene rings is 1. The minimum Gasteiger partial charge on any atom is -0.492 e. The lowest BCUT2D eigenvalue weighted by molar-refractivity contribution is 0.321. The van der Waals surface area contributed by atoms with Gasteiger partial charge in [-0.05, 0) is 18.6 Å². The number of hydrogen-bond donors (Lipinski definition) is 2. The number of rotatable bonds is 4. The van der Waals surface area contributed by atoms with Crippen molar-refractivity contribution in [2.45, 2.75) is 12.7 Å². The number of oxime groups is 1. The van der Waals surface area contributed by atoms with E-state index < -0.39 is 0 Å². The van der Waals surface area contributed by atoms with E-state index in [4.69, 9.17) is 51.1 Å². The molecule has 0 heterocycles. The predicted molar refractivity (Wildman–Crippen MR) is 84.9 cm³/mol. The first kappa shape index (κ1) is 16.4. The Kier molecular flexibility index (Phi) is 6.71. The van der Waals surface area contributed by atoms with Gasteiger partial charge in [-0.1, -0.05) is 52.3 Å². The minimum atomic E-state index is 0.0284. The van der Waals surface area contributed by atoms with Crippen molar-refractivity contribution in [3.05, 3.63) is 27.7 Å². The van der Waals surface area contributed by atoms with Crippen molar-refractivity contribution < 1.29 is 9.94 Å². The number of nitrogens with two attached hydrogens (primary N) is 1. The first-order valence-electron chi connectivity index (χ1n) is 5.25. The van der Waals surface area contributed by atoms with Crippen LogP contribution in [0.25, 0.3) is 0 Å². The Hall–Kier alpha value is -0.690. The van der Waals surface area contributed by atoms with Crippen LogP contribution in [0.3, 0.4) is 0 Å². The Morgan fingerprint density at radius 1 is 1.47 bits per heavy atom. The van der Waals surface area contributed by atoms with Gasteiger partial charge in [0.25, 0.3) is 0 Å². The monoisotopic (exact) mass is 338 g/mol. The van der Waals surface area contributed by atoms with Gasteiger partial charge in [-0.3, -0.25) is 0 Å². The first-order chi connectivity index (χ1) is 8.99. The molecule has 1 aromatic rings. The third-order valence-corrected chi connectivity index (χ3v) is 4.07. The normalized spacial score (nSPS) is 11.4. The molecule has 0 amide bonds. The number of halogens is 2. The second-order valence-electron chi connectivity index (χ2n) is 3.37. The molecule has 0 aliphatic rings. The van der Waals surface area contributed by atoms with Crippen LogP contribution in [0.4, 0.5) is 0 Å². The highest BCUT2D eigenvalue weighted by Gasteiger charge is 2.11. The summed E-state index contributed by atoms with van der Waals surface area (Å²) >= 11 is 18.1. The summed E-state index contributed by atoms with van der Waals surface area (Å²) < 4.78 is 5.33. The summed E-state index contributed by atoms with van der Waals surface area (Å²) in [5, 5.41) is 12.9. The summed E-state index contributed by atoms with van der Waals surface area (Å²) in [6.45, 7) is 2.37. The molecule has 0 spiro atoms. The van der Waals surface area contributed by atoms with Crippen molar-refractivity contribution in [2.24, 2.45) is 10.9 Å². The Morgan fingerprint density at radius 3 is 2.68 bits per heavy atom. The first-order valence-corrected chi connectivity index (χ1v) is 7.40. The molecule has 0 aliphatic carbocycles. The highest BCUT2D eigenvalue weighted by Crippen LogP contribution is 2.33. The van der Waals surface area contributed by atoms with Crippen molar-refractivity contribution in [3.63, 3.8) is 0 Å². The molecule has 19 heavy (non-hydrogen) atoms. The lowest BCUT2D eigenvalue weighted by Crippen LogP contribution is -2.18. The fourth-order valence-corrected chi connectivity index (χ4v) is 2.73. The molecule has 0 aromatic heterocycles. The van der Waals surface area contributed by atoms with E-state index in [1.54, 1.807) is 12.1 Å². The molecule has 0 aliphatic heterocycles. The van der Waals surface area contributed by atoms with Gasteiger partial charge in [-0.25, -0.2) is 0 Å². The Bertz CT molecular complexity index is 510. The summed E-state index contributed by atoms with van der Waals surface area (Å²) in [6.07, 6.45) is 0. The van der Waals surface area contributed by atoms with Crippen LogP contribution in [0.2, 0.25) is 10.0 Å². The van der Waals surface area contributed by atoms with Gasteiger partial charge in [0.2, 0.25) is 0 Å². The summed E-state index contributed by atoms with van der Waals surface area (Å²) in [6, 6.07) is 3.36. The molecule has 104 valence electrons. The van der Waals surface area contributed by atoms with Crippen molar-refractivity contribution >= 4 is 57.2 Å². The summed E-state index contributed by atoms with van der Waals surface area (Å²) in [7, 11) is 0. The van der Waals surface area contributed by atoms with E-state index in [-0.39, 0.29) is 10.0 Å². The van der Waals surface area contributed by atoms with Crippen LogP contribution in [0, 0.1) is 0 Å². The average molecular weight is 339 g/mol. The number of ether oxygens (including phenoxy) is 1. The van der Waals surface area contributed by atoms with Crippen LogP contribution in [-0.2, 0) is 5.75 Å². The molecule has 0 saturated heterocycles. The Balaban J connectivity index is 2.85. The van der Waals surface area contributed by atoms with Crippen LogP contribution in [0.5, 0.6) is 5.75 Å². The van der Waals surface area contributed by atoms with Crippen LogP contribution in [-0.4, -0.2) is 21.8 Å². The van der Waals surface area contributed by atoms with Gasteiger partial charge in [0.1, 0.15) is 10.7 Å². The predicted octanol–water partition coefficient (Wildman–Crippen LogP) is 3.70. The second kappa shape index (κ2) is 7.79. The number of nitrogens with zero attached hydrogens (tertiary/aromatic N) is 1. The van der Waals surface area contributed by atoms with Gasteiger partial charge >= 0.3 is 0 Å². The SMILES string of the molecule is CCOc1cc(Cl)c(CS/C(=N\O)C(N)=S)cc1Cl. The maximum atomic E-state index is 8.73. The van der Waals surface area contributed by atoms with Crippen LogP contribution < -0.4 is 10.5 Å². The van der Waals surface area contributed by atoms with E-state index in [2.05, 4.69) is 5.16 Å². The third-order valence-electron chi connectivity index (χ3n) is 2.07. The van der Waals surface area contributed by atoms with Crippen molar-refractivity contribution in [1.82, 2.24) is 0 Å². The van der Waals surface area contributed by atoms with Crippen molar-refractivity contribution in [1.29, 1.82) is 0 Å². The second-order valence-corrected chi connectivity index (χ2v) is 5.58. The Morgan fingerprint density at radius 2 is 2.16 bits per heavy atom. The lowest BCUT2D eigenvalue weighted by atomic mass is 10.2. The molecule has 1 aromatic carbocycles. The fourth-order valence-electron chi connectivity index (χ4n) is 1.24. The van der Waals surface area contributed by atoms with E-state index in [0.29, 0.717) is 28.2 Å². The van der Waals surface area contributed by atoms with Gasteiger partial charge in [0, 0.05) is 16.8 Å². The van der Waals surface area contributed by atoms with E-state index in [9.17, 15) is 0 Å². The van der Waals surface area contributed by atoms with E-state index >= 15 is 0 Å². The molecule has 3 N–H and O–H groups in total. The van der Waals surface area contributed by atoms with E-state index in [1.807, 2.05) is 6.92 Å². The zero-order valence-electron chi connectivity index (χ0n) is 10.0. The van der Waals surface area contributed by atoms with Gasteiger partial charge in [-0.2, -0.15) is 0 Å². The highest BCUT2D eigenvalue weighted by molar-refractivity contribution is 8.16. The van der Waals surface area contributed by atoms with E-state index in [1.165, 1.54) is 11.8 Å². The number of hydrogen-bond acceptors (Lipinski definition) is 5. The summed E-state index contributed by atoms with van der Waals surface area (Å²) in [5.74, 6) is 0.968. The molecule has 8 heteroatoms. The largest absolute Gasteiger partial charge is 0.492 e. The molecule has 0 atom stereocenters. The molecular weight excluding hydrogens is 327 g/mol. The summed E-state index contributed by atoms with van der Waals surface area (Å²) in [4.78, 5) is 0.0284. The van der Waals surface area contributed by atoms with Gasteiger partial charge in [-0.15, -0.1) is 0 Å². The zero-order valence-corrected chi connectivity index (χ0v) is 13.2. The molecule has 0 saturated carbocycles. The minimum absolute atomic E-state index is 0.0284. The summed E-state index contributed by atoms with van der Waals surface area (Å²) in [5.41, 5.74) is 6.16. The zero-order chi connectivity index (χ0) is 14.4. The third kappa shape index (κ3) is 4.72. The van der Waals surface area contributed by atoms with Crippen molar-refractivity contribution in [2.75, 3.05) is 6.61 Å². The number of thioether (sulfide) groups is 1. The van der Waals surface area contributed by atoms with Crippen LogP contribution in [0.1, 0.15) is 12.5 Å². The van der Waals surface area contributed by atoms with Gasteiger partial charge in [0.15, 0.2) is 5.04 Å². The Labute approximate surface area is 130 Å². The van der Waals surface area contributed by atoms with Gasteiger partial charge < -0.3 is 15.7 Å².